The first-order chi connectivity index (χ1) is 7.56. The molecule has 0 rings (SSSR count). The molecule has 3 heteroatoms. The molecule has 0 aromatic heterocycles. The number of unbranched alkanes of at least 4 members (excludes halogenated alkanes) is 9. The van der Waals surface area contributed by atoms with Gasteiger partial charge >= 0.3 is 0 Å². The Labute approximate surface area is 115 Å². The van der Waals surface area contributed by atoms with E-state index in [0.717, 1.165) is 16.7 Å². The second kappa shape index (κ2) is 10.9. The lowest BCUT2D eigenvalue weighted by Crippen LogP contribution is -2.11. The zero-order chi connectivity index (χ0) is 12.3. The number of halogens is 2. The highest BCUT2D eigenvalue weighted by Gasteiger charge is 2.14. The summed E-state index contributed by atoms with van der Waals surface area (Å²) < 4.78 is -0.375. The molecule has 0 saturated carbocycles. The minimum absolute atomic E-state index is 0.375. The van der Waals surface area contributed by atoms with Gasteiger partial charge in [-0.05, 0) is 6.42 Å². The molecule has 0 atom stereocenters. The third-order valence-corrected chi connectivity index (χ3v) is 3.85. The van der Waals surface area contributed by atoms with Gasteiger partial charge in [0.15, 0.2) is 0 Å². The van der Waals surface area contributed by atoms with Crippen molar-refractivity contribution in [2.75, 3.05) is 0 Å². The Morgan fingerprint density at radius 2 is 1.12 bits per heavy atom. The molecule has 98 valence electrons. The molecule has 16 heavy (non-hydrogen) atoms. The van der Waals surface area contributed by atoms with Gasteiger partial charge in [0.1, 0.15) is 0 Å². The van der Waals surface area contributed by atoms with Crippen LogP contribution in [0.1, 0.15) is 77.6 Å². The smallest absolute Gasteiger partial charge is 0.0972 e. The third kappa shape index (κ3) is 14.8. The van der Waals surface area contributed by atoms with Crippen molar-refractivity contribution in [1.29, 1.82) is 0 Å². The Morgan fingerprint density at radius 1 is 0.750 bits per heavy atom. The molecule has 0 radical (unpaired) electrons. The van der Waals surface area contributed by atoms with Gasteiger partial charge in [-0.25, -0.2) is 0 Å². The summed E-state index contributed by atoms with van der Waals surface area (Å²) in [4.78, 5) is 0. The fourth-order valence-electron chi connectivity index (χ4n) is 1.92. The molecule has 0 saturated heterocycles. The van der Waals surface area contributed by atoms with Crippen LogP contribution < -0.4 is 0 Å². The SMILES string of the molecule is CCCCCCCCCCCCC([SiH3])(Cl)Cl. The van der Waals surface area contributed by atoms with Crippen LogP contribution in [-0.2, 0) is 0 Å². The van der Waals surface area contributed by atoms with Crippen LogP contribution in [0.4, 0.5) is 0 Å². The van der Waals surface area contributed by atoms with Gasteiger partial charge in [-0.1, -0.05) is 71.1 Å². The molecular formula is C13H28Cl2Si. The fourth-order valence-corrected chi connectivity index (χ4v) is 2.54. The van der Waals surface area contributed by atoms with Gasteiger partial charge in [0.25, 0.3) is 0 Å². The van der Waals surface area contributed by atoms with Crippen LogP contribution >= 0.6 is 23.2 Å². The molecule has 0 aromatic rings. The molecule has 0 aliphatic carbocycles. The van der Waals surface area contributed by atoms with Crippen molar-refractivity contribution in [3.8, 4) is 0 Å². The summed E-state index contributed by atoms with van der Waals surface area (Å²) in [5, 5.41) is 0. The monoisotopic (exact) mass is 282 g/mol. The van der Waals surface area contributed by atoms with Crippen LogP contribution in [-0.4, -0.2) is 14.2 Å². The first-order valence-electron chi connectivity index (χ1n) is 6.94. The number of hydrogen-bond donors (Lipinski definition) is 0. The summed E-state index contributed by atoms with van der Waals surface area (Å²) in [5.74, 6) is 0. The highest BCUT2D eigenvalue weighted by atomic mass is 35.5. The van der Waals surface area contributed by atoms with E-state index in [2.05, 4.69) is 6.92 Å². The lowest BCUT2D eigenvalue weighted by molar-refractivity contribution is 0.551. The molecule has 0 aliphatic rings. The summed E-state index contributed by atoms with van der Waals surface area (Å²) in [6, 6.07) is 0. The maximum Gasteiger partial charge on any atom is 0.0972 e. The van der Waals surface area contributed by atoms with E-state index in [1.165, 1.54) is 64.2 Å². The van der Waals surface area contributed by atoms with Crippen molar-refractivity contribution < 1.29 is 0 Å². The van der Waals surface area contributed by atoms with Gasteiger partial charge in [-0.15, -0.1) is 23.2 Å². The molecule has 0 aromatic carbocycles. The van der Waals surface area contributed by atoms with Crippen molar-refractivity contribution >= 4 is 33.4 Å². The summed E-state index contributed by atoms with van der Waals surface area (Å²) in [6.07, 6.45) is 14.7. The van der Waals surface area contributed by atoms with E-state index in [1.807, 2.05) is 0 Å². The van der Waals surface area contributed by atoms with E-state index in [-0.39, 0.29) is 3.96 Å². The van der Waals surface area contributed by atoms with Gasteiger partial charge < -0.3 is 0 Å². The summed E-state index contributed by atoms with van der Waals surface area (Å²) in [6.45, 7) is 2.27. The predicted octanol–water partition coefficient (Wildman–Crippen LogP) is 4.79. The molecule has 0 bridgehead atoms. The molecule has 0 nitrogen and oxygen atoms in total. The first-order valence-corrected chi connectivity index (χ1v) is 8.69. The summed E-state index contributed by atoms with van der Waals surface area (Å²) in [7, 11) is 0.880. The van der Waals surface area contributed by atoms with Crippen molar-refractivity contribution in [3.05, 3.63) is 0 Å². The van der Waals surface area contributed by atoms with Gasteiger partial charge in [0, 0.05) is 10.2 Å². The molecular weight excluding hydrogens is 255 g/mol. The molecule has 0 spiro atoms. The average molecular weight is 283 g/mol. The molecule has 0 aliphatic heterocycles. The van der Waals surface area contributed by atoms with Crippen LogP contribution in [0.25, 0.3) is 0 Å². The minimum atomic E-state index is -0.375. The van der Waals surface area contributed by atoms with Crippen molar-refractivity contribution in [3.63, 3.8) is 0 Å². The number of alkyl halides is 2. The molecule has 0 heterocycles. The van der Waals surface area contributed by atoms with Crippen molar-refractivity contribution in [2.45, 2.75) is 81.5 Å². The molecule has 0 unspecified atom stereocenters. The average Bonchev–Trinajstić information content (AvgIpc) is 2.19. The third-order valence-electron chi connectivity index (χ3n) is 2.97. The van der Waals surface area contributed by atoms with E-state index in [4.69, 9.17) is 23.2 Å². The Morgan fingerprint density at radius 3 is 1.50 bits per heavy atom. The Kier molecular flexibility index (Phi) is 11.5. The van der Waals surface area contributed by atoms with Crippen LogP contribution in [0.5, 0.6) is 0 Å². The largest absolute Gasteiger partial charge is 0.107 e. The van der Waals surface area contributed by atoms with Crippen molar-refractivity contribution in [1.82, 2.24) is 0 Å². The zero-order valence-electron chi connectivity index (χ0n) is 11.0. The van der Waals surface area contributed by atoms with E-state index in [0.29, 0.717) is 0 Å². The summed E-state index contributed by atoms with van der Waals surface area (Å²) >= 11 is 11.9. The highest BCUT2D eigenvalue weighted by molar-refractivity contribution is 6.65. The van der Waals surface area contributed by atoms with E-state index in [9.17, 15) is 0 Å². The van der Waals surface area contributed by atoms with Crippen molar-refractivity contribution in [2.24, 2.45) is 0 Å². The van der Waals surface area contributed by atoms with E-state index in [1.54, 1.807) is 0 Å². The first kappa shape index (κ1) is 16.8. The number of rotatable bonds is 11. The second-order valence-electron chi connectivity index (χ2n) is 5.00. The van der Waals surface area contributed by atoms with Crippen LogP contribution in [0.15, 0.2) is 0 Å². The van der Waals surface area contributed by atoms with E-state index < -0.39 is 0 Å². The fraction of sp³-hybridized carbons (Fsp3) is 1.00. The van der Waals surface area contributed by atoms with Crippen LogP contribution in [0.3, 0.4) is 0 Å². The second-order valence-corrected chi connectivity index (χ2v) is 9.84. The van der Waals surface area contributed by atoms with Crippen LogP contribution in [0.2, 0.25) is 0 Å². The standard InChI is InChI=1S/C13H28Cl2Si/c1-2-3-4-5-6-7-8-9-10-11-12-13(14,15)16/h2-12H2,1,16H3. The van der Waals surface area contributed by atoms with Gasteiger partial charge in [0.2, 0.25) is 0 Å². The predicted molar refractivity (Wildman–Crippen MR) is 80.8 cm³/mol. The number of hydrogen-bond acceptors (Lipinski definition) is 0. The normalized spacial score (nSPS) is 12.2. The van der Waals surface area contributed by atoms with Gasteiger partial charge in [0.05, 0.1) is 3.96 Å². The lowest BCUT2D eigenvalue weighted by atomic mass is 10.1. The van der Waals surface area contributed by atoms with Gasteiger partial charge in [-0.3, -0.25) is 0 Å². The van der Waals surface area contributed by atoms with E-state index >= 15 is 0 Å². The van der Waals surface area contributed by atoms with Gasteiger partial charge in [-0.2, -0.15) is 0 Å². The molecule has 0 fully saturated rings. The Hall–Kier alpha value is 0.797. The topological polar surface area (TPSA) is 0 Å². The maximum absolute atomic E-state index is 5.97. The Balaban J connectivity index is 2.99. The highest BCUT2D eigenvalue weighted by Crippen LogP contribution is 2.23. The van der Waals surface area contributed by atoms with Crippen LogP contribution in [0, 0.1) is 0 Å². The maximum atomic E-state index is 5.97. The lowest BCUT2D eigenvalue weighted by Gasteiger charge is -2.12. The molecule has 0 N–H and O–H groups in total. The minimum Gasteiger partial charge on any atom is -0.107 e. The molecule has 0 amide bonds. The quantitative estimate of drug-likeness (QED) is 0.290. The Bertz CT molecular complexity index is 143. The summed E-state index contributed by atoms with van der Waals surface area (Å²) in [5.41, 5.74) is 0. The zero-order valence-corrected chi connectivity index (χ0v) is 14.5.